The van der Waals surface area contributed by atoms with Gasteiger partial charge in [-0.05, 0) is 39.6 Å². The van der Waals surface area contributed by atoms with Crippen molar-refractivity contribution in [2.75, 3.05) is 14.1 Å². The van der Waals surface area contributed by atoms with Crippen LogP contribution in [0, 0.1) is 13.8 Å². The smallest absolute Gasteiger partial charge is 0.203 e. The molecule has 0 aliphatic rings. The molecule has 23 heavy (non-hydrogen) atoms. The van der Waals surface area contributed by atoms with E-state index in [9.17, 15) is 9.90 Å². The summed E-state index contributed by atoms with van der Waals surface area (Å²) in [7, 11) is 3.80. The number of hydrogen-bond acceptors (Lipinski definition) is 6. The minimum Gasteiger partial charge on any atom is -0.507 e. The maximum atomic E-state index is 12.9. The zero-order valence-corrected chi connectivity index (χ0v) is 14.3. The van der Waals surface area contributed by atoms with Gasteiger partial charge in [0, 0.05) is 17.6 Å². The van der Waals surface area contributed by atoms with Crippen molar-refractivity contribution in [2.45, 2.75) is 20.4 Å². The molecule has 0 saturated heterocycles. The van der Waals surface area contributed by atoms with Gasteiger partial charge in [0.2, 0.25) is 5.43 Å². The average molecular weight is 330 g/mol. The Morgan fingerprint density at radius 1 is 1.35 bits per heavy atom. The molecule has 2 aromatic heterocycles. The minimum absolute atomic E-state index is 0.113. The summed E-state index contributed by atoms with van der Waals surface area (Å²) >= 11 is 1.42. The van der Waals surface area contributed by atoms with Crippen molar-refractivity contribution in [3.63, 3.8) is 0 Å². The minimum atomic E-state index is -0.113. The number of phenols is 1. The summed E-state index contributed by atoms with van der Waals surface area (Å²) in [5.41, 5.74) is 2.98. The Balaban J connectivity index is 2.32. The molecule has 0 spiro atoms. The molecule has 1 N–H and O–H groups in total. The molecule has 120 valence electrons. The Hall–Kier alpha value is -2.18. The van der Waals surface area contributed by atoms with E-state index in [0.717, 1.165) is 5.69 Å². The van der Waals surface area contributed by atoms with Gasteiger partial charge in [-0.15, -0.1) is 11.3 Å². The van der Waals surface area contributed by atoms with Crippen LogP contribution in [0.5, 0.6) is 5.75 Å². The summed E-state index contributed by atoms with van der Waals surface area (Å²) in [5.74, 6) is 0.143. The Bertz CT molecular complexity index is 941. The molecule has 1 aromatic carbocycles. The SMILES string of the molecule is Cc1csc(-c2coc3c(CN(C)C)c(O)cc(C)c3c2=O)n1. The van der Waals surface area contributed by atoms with Crippen LogP contribution in [-0.2, 0) is 6.54 Å². The van der Waals surface area contributed by atoms with Crippen LogP contribution in [0.2, 0.25) is 0 Å². The first kappa shape index (κ1) is 15.7. The van der Waals surface area contributed by atoms with Crippen LogP contribution < -0.4 is 5.43 Å². The lowest BCUT2D eigenvalue weighted by atomic mass is 10.0. The molecule has 3 aromatic rings. The zero-order valence-electron chi connectivity index (χ0n) is 13.5. The van der Waals surface area contributed by atoms with Gasteiger partial charge in [0.25, 0.3) is 0 Å². The van der Waals surface area contributed by atoms with E-state index in [2.05, 4.69) is 4.98 Å². The highest BCUT2D eigenvalue weighted by molar-refractivity contribution is 7.13. The lowest BCUT2D eigenvalue weighted by molar-refractivity contribution is 0.384. The molecule has 0 fully saturated rings. The predicted molar refractivity (Wildman–Crippen MR) is 92.1 cm³/mol. The van der Waals surface area contributed by atoms with Crippen LogP contribution in [0.25, 0.3) is 21.5 Å². The van der Waals surface area contributed by atoms with E-state index in [1.807, 2.05) is 31.3 Å². The number of phenolic OH excluding ortho intramolecular Hbond substituents is 1. The standard InChI is InChI=1S/C17H18N2O3S/c1-9-5-13(20)11(6-19(3)4)16-14(9)15(21)12(7-22-16)17-18-10(2)8-23-17/h5,7-8,20H,6H2,1-4H3. The topological polar surface area (TPSA) is 66.6 Å². The number of rotatable bonds is 3. The number of benzene rings is 1. The normalized spacial score (nSPS) is 11.5. The third-order valence-electron chi connectivity index (χ3n) is 3.65. The van der Waals surface area contributed by atoms with Crippen molar-refractivity contribution in [1.82, 2.24) is 9.88 Å². The Morgan fingerprint density at radius 3 is 2.70 bits per heavy atom. The number of fused-ring (bicyclic) bond motifs is 1. The van der Waals surface area contributed by atoms with Crippen LogP contribution in [0.15, 0.2) is 26.9 Å². The first-order valence-corrected chi connectivity index (χ1v) is 8.10. The van der Waals surface area contributed by atoms with E-state index in [-0.39, 0.29) is 11.2 Å². The second-order valence-electron chi connectivity index (χ2n) is 5.91. The van der Waals surface area contributed by atoms with Crippen molar-refractivity contribution in [3.8, 4) is 16.3 Å². The molecule has 0 saturated carbocycles. The van der Waals surface area contributed by atoms with E-state index >= 15 is 0 Å². The number of aromatic nitrogens is 1. The number of aromatic hydroxyl groups is 1. The third-order valence-corrected chi connectivity index (χ3v) is 4.64. The maximum absolute atomic E-state index is 12.9. The molecule has 0 bridgehead atoms. The van der Waals surface area contributed by atoms with Gasteiger partial charge in [0.1, 0.15) is 22.6 Å². The fraction of sp³-hybridized carbons (Fsp3) is 0.294. The third kappa shape index (κ3) is 2.75. The van der Waals surface area contributed by atoms with Crippen LogP contribution in [0.3, 0.4) is 0 Å². The van der Waals surface area contributed by atoms with Gasteiger partial charge in [-0.2, -0.15) is 0 Å². The zero-order chi connectivity index (χ0) is 16.7. The van der Waals surface area contributed by atoms with Crippen molar-refractivity contribution in [3.05, 3.63) is 44.8 Å². The quantitative estimate of drug-likeness (QED) is 0.798. The first-order chi connectivity index (χ1) is 10.9. The van der Waals surface area contributed by atoms with Gasteiger partial charge in [-0.25, -0.2) is 4.98 Å². The summed E-state index contributed by atoms with van der Waals surface area (Å²) < 4.78 is 5.76. The lowest BCUT2D eigenvalue weighted by Crippen LogP contribution is -2.13. The van der Waals surface area contributed by atoms with Gasteiger partial charge in [-0.1, -0.05) is 0 Å². The van der Waals surface area contributed by atoms with Crippen LogP contribution in [0.1, 0.15) is 16.8 Å². The largest absolute Gasteiger partial charge is 0.507 e. The van der Waals surface area contributed by atoms with Gasteiger partial charge in [0.15, 0.2) is 0 Å². The van der Waals surface area contributed by atoms with Crippen LogP contribution in [0.4, 0.5) is 0 Å². The molecule has 3 rings (SSSR count). The van der Waals surface area contributed by atoms with Gasteiger partial charge in [0.05, 0.1) is 16.5 Å². The number of hydrogen-bond donors (Lipinski definition) is 1. The second-order valence-corrected chi connectivity index (χ2v) is 6.76. The van der Waals surface area contributed by atoms with E-state index in [4.69, 9.17) is 4.42 Å². The summed E-state index contributed by atoms with van der Waals surface area (Å²) in [5, 5.41) is 13.3. The average Bonchev–Trinajstić information content (AvgIpc) is 2.89. The van der Waals surface area contributed by atoms with Crippen molar-refractivity contribution in [2.24, 2.45) is 0 Å². The highest BCUT2D eigenvalue weighted by Crippen LogP contribution is 2.31. The van der Waals surface area contributed by atoms with E-state index in [1.165, 1.54) is 17.6 Å². The molecule has 2 heterocycles. The van der Waals surface area contributed by atoms with Crippen LogP contribution in [-0.4, -0.2) is 29.1 Å². The summed E-state index contributed by atoms with van der Waals surface area (Å²) in [6.07, 6.45) is 1.45. The Labute approximate surface area is 137 Å². The molecule has 0 aliphatic heterocycles. The fourth-order valence-corrected chi connectivity index (χ4v) is 3.42. The molecular weight excluding hydrogens is 312 g/mol. The first-order valence-electron chi connectivity index (χ1n) is 7.22. The van der Waals surface area contributed by atoms with Gasteiger partial charge >= 0.3 is 0 Å². The highest BCUT2D eigenvalue weighted by Gasteiger charge is 2.19. The maximum Gasteiger partial charge on any atom is 0.203 e. The summed E-state index contributed by atoms with van der Waals surface area (Å²) in [4.78, 5) is 19.2. The molecule has 6 heteroatoms. The molecule has 5 nitrogen and oxygen atoms in total. The Morgan fingerprint density at radius 2 is 2.09 bits per heavy atom. The molecule has 0 radical (unpaired) electrons. The second kappa shape index (κ2) is 5.79. The fourth-order valence-electron chi connectivity index (χ4n) is 2.62. The summed E-state index contributed by atoms with van der Waals surface area (Å²) in [6, 6.07) is 1.62. The van der Waals surface area contributed by atoms with Gasteiger partial charge < -0.3 is 14.4 Å². The van der Waals surface area contributed by atoms with Gasteiger partial charge in [-0.3, -0.25) is 4.79 Å². The monoisotopic (exact) mass is 330 g/mol. The number of thiazole rings is 1. The van der Waals surface area contributed by atoms with E-state index < -0.39 is 0 Å². The molecular formula is C17H18N2O3S. The van der Waals surface area contributed by atoms with E-state index in [1.54, 1.807) is 13.0 Å². The number of nitrogens with zero attached hydrogens (tertiary/aromatic N) is 2. The lowest BCUT2D eigenvalue weighted by Gasteiger charge is -2.14. The highest BCUT2D eigenvalue weighted by atomic mass is 32.1. The van der Waals surface area contributed by atoms with Crippen molar-refractivity contribution in [1.29, 1.82) is 0 Å². The molecule has 0 aliphatic carbocycles. The molecule has 0 unspecified atom stereocenters. The number of aryl methyl sites for hydroxylation is 2. The van der Waals surface area contributed by atoms with Crippen LogP contribution >= 0.6 is 11.3 Å². The Kier molecular flexibility index (Phi) is 3.95. The van der Waals surface area contributed by atoms with Crippen molar-refractivity contribution < 1.29 is 9.52 Å². The molecule has 0 atom stereocenters. The summed E-state index contributed by atoms with van der Waals surface area (Å²) in [6.45, 7) is 4.18. The van der Waals surface area contributed by atoms with E-state index in [0.29, 0.717) is 39.2 Å². The predicted octanol–water partition coefficient (Wildman–Crippen LogP) is 3.30. The van der Waals surface area contributed by atoms with Crippen molar-refractivity contribution >= 4 is 22.3 Å². The molecule has 0 amide bonds.